The van der Waals surface area contributed by atoms with Crippen LogP contribution in [0, 0.1) is 6.92 Å². The number of hydrogen-bond acceptors (Lipinski definition) is 3. The summed E-state index contributed by atoms with van der Waals surface area (Å²) in [6.45, 7) is 6.44. The number of aryl methyl sites for hydroxylation is 1. The second-order valence-corrected chi connectivity index (χ2v) is 5.38. The highest BCUT2D eigenvalue weighted by atomic mass is 16.2. The van der Waals surface area contributed by atoms with Gasteiger partial charge in [0.15, 0.2) is 5.82 Å². The quantitative estimate of drug-likeness (QED) is 0.925. The van der Waals surface area contributed by atoms with Gasteiger partial charge in [0.2, 0.25) is 0 Å². The number of nitrogens with zero attached hydrogens (tertiary/aromatic N) is 3. The van der Waals surface area contributed by atoms with Crippen molar-refractivity contribution in [2.24, 2.45) is 0 Å². The van der Waals surface area contributed by atoms with Crippen LogP contribution in [0.25, 0.3) is 0 Å². The molecule has 0 radical (unpaired) electrons. The second-order valence-electron chi connectivity index (χ2n) is 5.38. The highest BCUT2D eigenvalue weighted by Crippen LogP contribution is 2.30. The van der Waals surface area contributed by atoms with Crippen LogP contribution in [0.1, 0.15) is 12.5 Å². The summed E-state index contributed by atoms with van der Waals surface area (Å²) in [5, 5.41) is 2.97. The number of anilines is 3. The number of hydrogen-bond donors (Lipinski definition) is 1. The minimum atomic E-state index is -0.115. The second kappa shape index (κ2) is 6.05. The number of urea groups is 1. The molecule has 1 N–H and O–H groups in total. The number of amides is 2. The number of carbonyl (C=O) groups is 1. The number of fused-ring (bicyclic) bond motifs is 1. The molecule has 114 valence electrons. The average Bonchev–Trinajstić information content (AvgIpc) is 2.53. The highest BCUT2D eigenvalue weighted by molar-refractivity contribution is 6.04. The Morgan fingerprint density at radius 2 is 2.14 bits per heavy atom. The van der Waals surface area contributed by atoms with E-state index in [1.807, 2.05) is 43.3 Å². The summed E-state index contributed by atoms with van der Waals surface area (Å²) in [5.74, 6) is 0.871. The van der Waals surface area contributed by atoms with Gasteiger partial charge >= 0.3 is 6.03 Å². The van der Waals surface area contributed by atoms with Gasteiger partial charge in [0.05, 0.1) is 5.69 Å². The van der Waals surface area contributed by atoms with Gasteiger partial charge in [-0.05, 0) is 43.7 Å². The smallest absolute Gasteiger partial charge is 0.326 e. The molecule has 1 aromatic carbocycles. The maximum atomic E-state index is 12.6. The first-order chi connectivity index (χ1) is 10.7. The number of pyridine rings is 1. The normalized spacial score (nSPS) is 13.7. The van der Waals surface area contributed by atoms with Gasteiger partial charge in [0.1, 0.15) is 0 Å². The predicted octanol–water partition coefficient (Wildman–Crippen LogP) is 3.27. The standard InChI is InChI=1S/C17H20N4O/c1-3-20-10-11-21(15-8-5-9-18-16(15)20)17(22)19-14-7-4-6-13(2)12-14/h4-9,12H,3,10-11H2,1-2H3,(H,19,22). The van der Waals surface area contributed by atoms with E-state index in [1.165, 1.54) is 0 Å². The SMILES string of the molecule is CCN1CCN(C(=O)Nc2cccc(C)c2)c2cccnc21. The zero-order valence-electron chi connectivity index (χ0n) is 12.9. The van der Waals surface area contributed by atoms with Crippen LogP contribution in [0.2, 0.25) is 0 Å². The number of benzene rings is 1. The van der Waals surface area contributed by atoms with Gasteiger partial charge in [-0.25, -0.2) is 9.78 Å². The lowest BCUT2D eigenvalue weighted by molar-refractivity contribution is 0.256. The van der Waals surface area contributed by atoms with Crippen LogP contribution in [-0.4, -0.2) is 30.6 Å². The Hall–Kier alpha value is -2.56. The van der Waals surface area contributed by atoms with Crippen molar-refractivity contribution >= 4 is 23.2 Å². The van der Waals surface area contributed by atoms with Crippen molar-refractivity contribution in [1.29, 1.82) is 0 Å². The Labute approximate surface area is 130 Å². The molecule has 0 fully saturated rings. The molecule has 5 heteroatoms. The highest BCUT2D eigenvalue weighted by Gasteiger charge is 2.26. The molecular weight excluding hydrogens is 276 g/mol. The lowest BCUT2D eigenvalue weighted by atomic mass is 10.2. The Morgan fingerprint density at radius 3 is 2.91 bits per heavy atom. The Balaban J connectivity index is 1.84. The summed E-state index contributed by atoms with van der Waals surface area (Å²) >= 11 is 0. The predicted molar refractivity (Wildman–Crippen MR) is 89.7 cm³/mol. The molecule has 2 amide bonds. The van der Waals surface area contributed by atoms with E-state index in [1.54, 1.807) is 11.1 Å². The Bertz CT molecular complexity index is 686. The molecule has 0 saturated carbocycles. The van der Waals surface area contributed by atoms with Gasteiger partial charge in [0, 0.05) is 31.5 Å². The van der Waals surface area contributed by atoms with Gasteiger partial charge in [-0.2, -0.15) is 0 Å². The summed E-state index contributed by atoms with van der Waals surface area (Å²) in [6.07, 6.45) is 1.77. The minimum Gasteiger partial charge on any atom is -0.353 e. The van der Waals surface area contributed by atoms with E-state index < -0.39 is 0 Å². The van der Waals surface area contributed by atoms with Crippen molar-refractivity contribution in [3.8, 4) is 0 Å². The number of nitrogens with one attached hydrogen (secondary N) is 1. The molecule has 22 heavy (non-hydrogen) atoms. The van der Waals surface area contributed by atoms with E-state index in [4.69, 9.17) is 0 Å². The van der Waals surface area contributed by atoms with Crippen molar-refractivity contribution in [2.45, 2.75) is 13.8 Å². The monoisotopic (exact) mass is 296 g/mol. The molecule has 1 aliphatic heterocycles. The van der Waals surface area contributed by atoms with E-state index in [0.29, 0.717) is 6.54 Å². The third-order valence-electron chi connectivity index (χ3n) is 3.85. The van der Waals surface area contributed by atoms with E-state index in [0.717, 1.165) is 35.8 Å². The number of aromatic nitrogens is 1. The molecule has 0 saturated heterocycles. The van der Waals surface area contributed by atoms with Gasteiger partial charge in [-0.15, -0.1) is 0 Å². The molecular formula is C17H20N4O. The van der Waals surface area contributed by atoms with Crippen molar-refractivity contribution in [3.05, 3.63) is 48.2 Å². The van der Waals surface area contributed by atoms with E-state index >= 15 is 0 Å². The van der Waals surface area contributed by atoms with Crippen LogP contribution in [-0.2, 0) is 0 Å². The molecule has 0 aliphatic carbocycles. The number of rotatable bonds is 2. The fraction of sp³-hybridized carbons (Fsp3) is 0.294. The van der Waals surface area contributed by atoms with Crippen LogP contribution < -0.4 is 15.1 Å². The Morgan fingerprint density at radius 1 is 1.27 bits per heavy atom. The first-order valence-corrected chi connectivity index (χ1v) is 7.54. The summed E-state index contributed by atoms with van der Waals surface area (Å²) in [4.78, 5) is 21.0. The molecule has 2 heterocycles. The van der Waals surface area contributed by atoms with Crippen LogP contribution >= 0.6 is 0 Å². The molecule has 5 nitrogen and oxygen atoms in total. The molecule has 2 aromatic rings. The molecule has 0 bridgehead atoms. The lowest BCUT2D eigenvalue weighted by Crippen LogP contribution is -2.46. The summed E-state index contributed by atoms with van der Waals surface area (Å²) in [6, 6.07) is 11.5. The zero-order valence-corrected chi connectivity index (χ0v) is 12.9. The molecule has 1 aliphatic rings. The van der Waals surface area contributed by atoms with Gasteiger partial charge < -0.3 is 10.2 Å². The van der Waals surface area contributed by atoms with Crippen LogP contribution in [0.3, 0.4) is 0 Å². The van der Waals surface area contributed by atoms with Crippen molar-refractivity contribution < 1.29 is 4.79 Å². The van der Waals surface area contributed by atoms with Gasteiger partial charge in [0.25, 0.3) is 0 Å². The van der Waals surface area contributed by atoms with E-state index in [-0.39, 0.29) is 6.03 Å². The van der Waals surface area contributed by atoms with E-state index in [2.05, 4.69) is 22.1 Å². The van der Waals surface area contributed by atoms with Crippen molar-refractivity contribution in [2.75, 3.05) is 34.8 Å². The minimum absolute atomic E-state index is 0.115. The molecule has 1 aromatic heterocycles. The van der Waals surface area contributed by atoms with Crippen LogP contribution in [0.15, 0.2) is 42.6 Å². The third-order valence-corrected chi connectivity index (χ3v) is 3.85. The van der Waals surface area contributed by atoms with Crippen molar-refractivity contribution in [1.82, 2.24) is 4.98 Å². The molecule has 0 atom stereocenters. The van der Waals surface area contributed by atoms with E-state index in [9.17, 15) is 4.79 Å². The topological polar surface area (TPSA) is 48.5 Å². The summed E-state index contributed by atoms with van der Waals surface area (Å²) < 4.78 is 0. The van der Waals surface area contributed by atoms with Gasteiger partial charge in [-0.3, -0.25) is 4.90 Å². The lowest BCUT2D eigenvalue weighted by Gasteiger charge is -2.35. The summed E-state index contributed by atoms with van der Waals surface area (Å²) in [7, 11) is 0. The van der Waals surface area contributed by atoms with Crippen molar-refractivity contribution in [3.63, 3.8) is 0 Å². The first kappa shape index (κ1) is 14.4. The molecule has 0 spiro atoms. The van der Waals surface area contributed by atoms with Crippen LogP contribution in [0.4, 0.5) is 22.0 Å². The maximum absolute atomic E-state index is 12.6. The average molecular weight is 296 g/mol. The Kier molecular flexibility index (Phi) is 3.96. The fourth-order valence-corrected chi connectivity index (χ4v) is 2.72. The number of carbonyl (C=O) groups excluding carboxylic acids is 1. The maximum Gasteiger partial charge on any atom is 0.326 e. The zero-order chi connectivity index (χ0) is 15.5. The summed E-state index contributed by atoms with van der Waals surface area (Å²) in [5.41, 5.74) is 2.80. The molecule has 3 rings (SSSR count). The largest absolute Gasteiger partial charge is 0.353 e. The fourth-order valence-electron chi connectivity index (χ4n) is 2.72. The third kappa shape index (κ3) is 2.74. The van der Waals surface area contributed by atoms with Gasteiger partial charge in [-0.1, -0.05) is 12.1 Å². The molecule has 0 unspecified atom stereocenters. The first-order valence-electron chi connectivity index (χ1n) is 7.54. The van der Waals surface area contributed by atoms with Crippen LogP contribution in [0.5, 0.6) is 0 Å². The number of likely N-dealkylation sites (N-methyl/N-ethyl adjacent to an activating group) is 1.